The van der Waals surface area contributed by atoms with Crippen LogP contribution in [0.1, 0.15) is 11.3 Å². The molecule has 0 spiro atoms. The number of nitrogens with zero attached hydrogens (tertiary/aromatic N) is 2. The van der Waals surface area contributed by atoms with Gasteiger partial charge in [0, 0.05) is 23.8 Å². The molecule has 0 unspecified atom stereocenters. The van der Waals surface area contributed by atoms with Crippen LogP contribution in [0.3, 0.4) is 0 Å². The maximum atomic E-state index is 12.4. The van der Waals surface area contributed by atoms with E-state index in [0.29, 0.717) is 22.8 Å². The average Bonchev–Trinajstić information content (AvgIpc) is 2.61. The lowest BCUT2D eigenvalue weighted by molar-refractivity contribution is 0.599. The summed E-state index contributed by atoms with van der Waals surface area (Å²) in [5.74, 6) is 0.375. The summed E-state index contributed by atoms with van der Waals surface area (Å²) in [6, 6.07) is 4.53. The third-order valence-corrected chi connectivity index (χ3v) is 4.59. The lowest BCUT2D eigenvalue weighted by Gasteiger charge is -2.12. The standard InChI is InChI=1S/C12H15ClN4O2S/c1-7-4-12(17(3)15-7)16-20(18,19)11-6-9(13)5-10(14)8(11)2/h4-6,16H,14H2,1-3H3. The zero-order valence-corrected chi connectivity index (χ0v) is 12.9. The Kier molecular flexibility index (Phi) is 3.66. The fraction of sp³-hybridized carbons (Fsp3) is 0.250. The van der Waals surface area contributed by atoms with Gasteiger partial charge in [0.25, 0.3) is 10.0 Å². The van der Waals surface area contributed by atoms with Crippen LogP contribution >= 0.6 is 11.6 Å². The number of aryl methyl sites for hydroxylation is 2. The Morgan fingerprint density at radius 1 is 1.30 bits per heavy atom. The Hall–Kier alpha value is -1.73. The maximum Gasteiger partial charge on any atom is 0.263 e. The molecule has 8 heteroatoms. The van der Waals surface area contributed by atoms with E-state index in [0.717, 1.165) is 0 Å². The molecule has 108 valence electrons. The largest absolute Gasteiger partial charge is 0.398 e. The number of halogens is 1. The van der Waals surface area contributed by atoms with Crippen LogP contribution in [0, 0.1) is 13.8 Å². The number of nitrogen functional groups attached to an aromatic ring is 1. The number of aromatic nitrogens is 2. The van der Waals surface area contributed by atoms with Crippen molar-refractivity contribution in [2.24, 2.45) is 7.05 Å². The number of nitrogens with two attached hydrogens (primary N) is 1. The van der Waals surface area contributed by atoms with Gasteiger partial charge in [-0.25, -0.2) is 8.42 Å². The number of hydrogen-bond acceptors (Lipinski definition) is 4. The van der Waals surface area contributed by atoms with Crippen molar-refractivity contribution in [1.29, 1.82) is 0 Å². The molecule has 0 radical (unpaired) electrons. The highest BCUT2D eigenvalue weighted by Gasteiger charge is 2.20. The third kappa shape index (κ3) is 2.73. The van der Waals surface area contributed by atoms with E-state index in [-0.39, 0.29) is 9.92 Å². The van der Waals surface area contributed by atoms with Crippen LogP contribution in [-0.4, -0.2) is 18.2 Å². The zero-order chi connectivity index (χ0) is 15.1. The molecule has 20 heavy (non-hydrogen) atoms. The third-order valence-electron chi connectivity index (χ3n) is 2.90. The summed E-state index contributed by atoms with van der Waals surface area (Å²) in [6.45, 7) is 3.41. The molecule has 2 rings (SSSR count). The number of hydrogen-bond donors (Lipinski definition) is 2. The molecule has 0 fully saturated rings. The molecule has 0 amide bonds. The normalized spacial score (nSPS) is 11.6. The summed E-state index contributed by atoms with van der Waals surface area (Å²) < 4.78 is 28.8. The van der Waals surface area contributed by atoms with Gasteiger partial charge < -0.3 is 5.73 Å². The molecule has 3 N–H and O–H groups in total. The number of benzene rings is 1. The first-order valence-corrected chi connectivity index (χ1v) is 7.66. The smallest absolute Gasteiger partial charge is 0.263 e. The number of rotatable bonds is 3. The van der Waals surface area contributed by atoms with Crippen molar-refractivity contribution in [1.82, 2.24) is 9.78 Å². The fourth-order valence-corrected chi connectivity index (χ4v) is 3.52. The van der Waals surface area contributed by atoms with Crippen molar-refractivity contribution in [2.75, 3.05) is 10.5 Å². The zero-order valence-electron chi connectivity index (χ0n) is 11.3. The molecule has 0 aliphatic rings. The summed E-state index contributed by atoms with van der Waals surface area (Å²) in [7, 11) is -2.12. The van der Waals surface area contributed by atoms with Crippen LogP contribution < -0.4 is 10.5 Å². The number of sulfonamides is 1. The van der Waals surface area contributed by atoms with E-state index in [1.165, 1.54) is 16.8 Å². The van der Waals surface area contributed by atoms with Gasteiger partial charge in [-0.15, -0.1) is 0 Å². The van der Waals surface area contributed by atoms with Gasteiger partial charge >= 0.3 is 0 Å². The van der Waals surface area contributed by atoms with E-state index in [4.69, 9.17) is 17.3 Å². The number of nitrogens with one attached hydrogen (secondary N) is 1. The van der Waals surface area contributed by atoms with Crippen molar-refractivity contribution in [3.05, 3.63) is 34.5 Å². The summed E-state index contributed by atoms with van der Waals surface area (Å²) in [6.07, 6.45) is 0. The first-order valence-electron chi connectivity index (χ1n) is 5.80. The van der Waals surface area contributed by atoms with Crippen molar-refractivity contribution in [2.45, 2.75) is 18.7 Å². The molecular formula is C12H15ClN4O2S. The van der Waals surface area contributed by atoms with Crippen molar-refractivity contribution >= 4 is 33.1 Å². The molecule has 0 saturated carbocycles. The van der Waals surface area contributed by atoms with Crippen LogP contribution in [0.2, 0.25) is 5.02 Å². The van der Waals surface area contributed by atoms with Gasteiger partial charge in [-0.1, -0.05) is 11.6 Å². The highest BCUT2D eigenvalue weighted by molar-refractivity contribution is 7.92. The molecule has 0 aliphatic carbocycles. The van der Waals surface area contributed by atoms with Crippen LogP contribution in [0.25, 0.3) is 0 Å². The summed E-state index contributed by atoms with van der Waals surface area (Å²) in [5.41, 5.74) is 7.26. The second kappa shape index (κ2) is 4.99. The predicted octanol–water partition coefficient (Wildman–Crippen LogP) is 2.07. The predicted molar refractivity (Wildman–Crippen MR) is 79.4 cm³/mol. The van der Waals surface area contributed by atoms with Crippen LogP contribution in [-0.2, 0) is 17.1 Å². The van der Waals surface area contributed by atoms with Crippen molar-refractivity contribution < 1.29 is 8.42 Å². The van der Waals surface area contributed by atoms with Crippen molar-refractivity contribution in [3.63, 3.8) is 0 Å². The molecule has 2 aromatic rings. The monoisotopic (exact) mass is 314 g/mol. The maximum absolute atomic E-state index is 12.4. The minimum absolute atomic E-state index is 0.0568. The summed E-state index contributed by atoms with van der Waals surface area (Å²) >= 11 is 5.88. The molecule has 0 saturated heterocycles. The van der Waals surface area contributed by atoms with E-state index in [1.807, 2.05) is 0 Å². The van der Waals surface area contributed by atoms with Crippen LogP contribution in [0.4, 0.5) is 11.5 Å². The lowest BCUT2D eigenvalue weighted by atomic mass is 10.2. The van der Waals surface area contributed by atoms with E-state index < -0.39 is 10.0 Å². The molecule has 1 aromatic heterocycles. The molecule has 1 heterocycles. The minimum Gasteiger partial charge on any atom is -0.398 e. The minimum atomic E-state index is -3.77. The Morgan fingerprint density at radius 2 is 1.95 bits per heavy atom. The Balaban J connectivity index is 2.49. The molecule has 6 nitrogen and oxygen atoms in total. The molecule has 1 aromatic carbocycles. The van der Waals surface area contributed by atoms with E-state index in [1.54, 1.807) is 27.0 Å². The second-order valence-corrected chi connectivity index (χ2v) is 6.61. The quantitative estimate of drug-likeness (QED) is 0.849. The van der Waals surface area contributed by atoms with Gasteiger partial charge in [-0.05, 0) is 31.5 Å². The van der Waals surface area contributed by atoms with Crippen LogP contribution in [0.15, 0.2) is 23.1 Å². The Labute approximate surface area is 122 Å². The van der Waals surface area contributed by atoms with Crippen molar-refractivity contribution in [3.8, 4) is 0 Å². The Bertz CT molecular complexity index is 768. The first kappa shape index (κ1) is 14.7. The van der Waals surface area contributed by atoms with Gasteiger partial charge in [0.15, 0.2) is 0 Å². The molecule has 0 atom stereocenters. The summed E-state index contributed by atoms with van der Waals surface area (Å²) in [5, 5.41) is 4.36. The Morgan fingerprint density at radius 3 is 2.50 bits per heavy atom. The second-order valence-electron chi connectivity index (χ2n) is 4.52. The van der Waals surface area contributed by atoms with Gasteiger partial charge in [0.1, 0.15) is 5.82 Å². The van der Waals surface area contributed by atoms with Gasteiger partial charge in [-0.3, -0.25) is 9.40 Å². The fourth-order valence-electron chi connectivity index (χ4n) is 1.85. The molecule has 0 aliphatic heterocycles. The molecule has 0 bridgehead atoms. The first-order chi connectivity index (χ1) is 9.20. The highest BCUT2D eigenvalue weighted by atomic mass is 35.5. The van der Waals surface area contributed by atoms with Crippen LogP contribution in [0.5, 0.6) is 0 Å². The van der Waals surface area contributed by atoms with E-state index in [2.05, 4.69) is 9.82 Å². The topological polar surface area (TPSA) is 90.0 Å². The lowest BCUT2D eigenvalue weighted by Crippen LogP contribution is -2.17. The average molecular weight is 315 g/mol. The number of anilines is 2. The van der Waals surface area contributed by atoms with E-state index >= 15 is 0 Å². The SMILES string of the molecule is Cc1cc(NS(=O)(=O)c2cc(Cl)cc(N)c2C)n(C)n1. The summed E-state index contributed by atoms with van der Waals surface area (Å²) in [4.78, 5) is 0.0568. The van der Waals surface area contributed by atoms with Gasteiger partial charge in [0.2, 0.25) is 0 Å². The molecular weight excluding hydrogens is 300 g/mol. The highest BCUT2D eigenvalue weighted by Crippen LogP contribution is 2.27. The van der Waals surface area contributed by atoms with Gasteiger partial charge in [-0.2, -0.15) is 5.10 Å². The van der Waals surface area contributed by atoms with E-state index in [9.17, 15) is 8.42 Å². The van der Waals surface area contributed by atoms with Gasteiger partial charge in [0.05, 0.1) is 10.6 Å².